The third-order valence-electron chi connectivity index (χ3n) is 4.68. The zero-order valence-electron chi connectivity index (χ0n) is 14.8. The fourth-order valence-electron chi connectivity index (χ4n) is 3.27. The Balaban J connectivity index is 1.61. The van der Waals surface area contributed by atoms with Crippen LogP contribution in [0.15, 0.2) is 35.7 Å². The van der Waals surface area contributed by atoms with Crippen molar-refractivity contribution in [2.75, 3.05) is 13.1 Å². The van der Waals surface area contributed by atoms with Crippen LogP contribution in [-0.4, -0.2) is 45.4 Å². The second-order valence-corrected chi connectivity index (χ2v) is 7.26. The molecule has 0 radical (unpaired) electrons. The summed E-state index contributed by atoms with van der Waals surface area (Å²) in [5.41, 5.74) is 1.43. The van der Waals surface area contributed by atoms with Gasteiger partial charge in [0.15, 0.2) is 5.69 Å². The van der Waals surface area contributed by atoms with Gasteiger partial charge < -0.3 is 10.2 Å². The SMILES string of the molecule is O=C(CN(CCc1ccccc1)C(=O)c1csnn1)NC1CCCCC1. The van der Waals surface area contributed by atoms with Gasteiger partial charge in [-0.1, -0.05) is 54.1 Å². The van der Waals surface area contributed by atoms with Gasteiger partial charge in [0.2, 0.25) is 5.91 Å². The van der Waals surface area contributed by atoms with Gasteiger partial charge in [-0.05, 0) is 36.4 Å². The summed E-state index contributed by atoms with van der Waals surface area (Å²) >= 11 is 1.14. The van der Waals surface area contributed by atoms with Crippen LogP contribution in [0.3, 0.4) is 0 Å². The normalized spacial score (nSPS) is 14.8. The minimum Gasteiger partial charge on any atom is -0.352 e. The third-order valence-corrected chi connectivity index (χ3v) is 5.19. The van der Waals surface area contributed by atoms with Crippen LogP contribution in [0.1, 0.15) is 48.2 Å². The zero-order valence-corrected chi connectivity index (χ0v) is 15.6. The Kier molecular flexibility index (Phi) is 6.71. The number of hydrogen-bond acceptors (Lipinski definition) is 5. The van der Waals surface area contributed by atoms with E-state index in [1.54, 1.807) is 10.3 Å². The Morgan fingerprint density at radius 1 is 1.15 bits per heavy atom. The lowest BCUT2D eigenvalue weighted by Gasteiger charge is -2.26. The fraction of sp³-hybridized carbons (Fsp3) is 0.474. The first-order chi connectivity index (χ1) is 12.7. The van der Waals surface area contributed by atoms with Crippen LogP contribution in [-0.2, 0) is 11.2 Å². The van der Waals surface area contributed by atoms with Crippen LogP contribution in [0.4, 0.5) is 0 Å². The summed E-state index contributed by atoms with van der Waals surface area (Å²) in [7, 11) is 0. The number of benzene rings is 1. The molecule has 1 fully saturated rings. The monoisotopic (exact) mass is 372 g/mol. The minimum absolute atomic E-state index is 0.0553. The highest BCUT2D eigenvalue weighted by Gasteiger charge is 2.23. The van der Waals surface area contributed by atoms with Crippen LogP contribution in [0.2, 0.25) is 0 Å². The molecule has 6 nitrogen and oxygen atoms in total. The van der Waals surface area contributed by atoms with Crippen molar-refractivity contribution in [3.63, 3.8) is 0 Å². The number of rotatable bonds is 7. The van der Waals surface area contributed by atoms with Crippen LogP contribution >= 0.6 is 11.5 Å². The van der Waals surface area contributed by atoms with Gasteiger partial charge in [-0.25, -0.2) is 0 Å². The highest BCUT2D eigenvalue weighted by atomic mass is 32.1. The average Bonchev–Trinajstić information content (AvgIpc) is 3.21. The molecule has 0 bridgehead atoms. The molecular weight excluding hydrogens is 348 g/mol. The van der Waals surface area contributed by atoms with E-state index in [1.807, 2.05) is 30.3 Å². The van der Waals surface area contributed by atoms with Gasteiger partial charge >= 0.3 is 0 Å². The highest BCUT2D eigenvalue weighted by Crippen LogP contribution is 2.17. The van der Waals surface area contributed by atoms with Crippen LogP contribution in [0, 0.1) is 0 Å². The van der Waals surface area contributed by atoms with Gasteiger partial charge in [-0.15, -0.1) is 5.10 Å². The summed E-state index contributed by atoms with van der Waals surface area (Å²) in [6, 6.07) is 10.2. The number of nitrogens with one attached hydrogen (secondary N) is 1. The molecule has 1 aliphatic rings. The first-order valence-corrected chi connectivity index (χ1v) is 9.95. The number of aromatic nitrogens is 2. The van der Waals surface area contributed by atoms with Crippen molar-refractivity contribution in [2.24, 2.45) is 0 Å². The van der Waals surface area contributed by atoms with Gasteiger partial charge in [-0.2, -0.15) is 0 Å². The van der Waals surface area contributed by atoms with Crippen molar-refractivity contribution in [1.82, 2.24) is 19.8 Å². The van der Waals surface area contributed by atoms with E-state index in [-0.39, 0.29) is 24.4 Å². The quantitative estimate of drug-likeness (QED) is 0.811. The molecule has 26 heavy (non-hydrogen) atoms. The molecule has 1 N–H and O–H groups in total. The topological polar surface area (TPSA) is 75.2 Å². The van der Waals surface area contributed by atoms with Crippen molar-refractivity contribution in [1.29, 1.82) is 0 Å². The molecule has 1 aromatic heterocycles. The van der Waals surface area contributed by atoms with E-state index in [2.05, 4.69) is 14.9 Å². The van der Waals surface area contributed by atoms with Crippen LogP contribution in [0.5, 0.6) is 0 Å². The van der Waals surface area contributed by atoms with Crippen LogP contribution in [0.25, 0.3) is 0 Å². The summed E-state index contributed by atoms with van der Waals surface area (Å²) in [6.07, 6.45) is 6.31. The number of carbonyl (C=O) groups is 2. The Labute approximate surface area is 157 Å². The van der Waals surface area contributed by atoms with Gasteiger partial charge in [-0.3, -0.25) is 9.59 Å². The molecule has 1 heterocycles. The molecule has 1 aliphatic carbocycles. The van der Waals surface area contributed by atoms with E-state index in [4.69, 9.17) is 0 Å². The standard InChI is InChI=1S/C19H24N4O2S/c24-18(20-16-9-5-2-6-10-16)13-23(19(25)17-14-26-22-21-17)12-11-15-7-3-1-4-8-15/h1,3-4,7-8,14,16H,2,5-6,9-13H2,(H,20,24). The average molecular weight is 372 g/mol. The van der Waals surface area contributed by atoms with Crippen molar-refractivity contribution in [3.05, 3.63) is 47.0 Å². The molecule has 138 valence electrons. The number of amides is 2. The maximum Gasteiger partial charge on any atom is 0.275 e. The first-order valence-electron chi connectivity index (χ1n) is 9.12. The van der Waals surface area contributed by atoms with E-state index in [9.17, 15) is 9.59 Å². The van der Waals surface area contributed by atoms with Crippen molar-refractivity contribution in [2.45, 2.75) is 44.6 Å². The van der Waals surface area contributed by atoms with E-state index >= 15 is 0 Å². The second-order valence-electron chi connectivity index (χ2n) is 6.65. The Bertz CT molecular complexity index is 700. The predicted molar refractivity (Wildman–Crippen MR) is 101 cm³/mol. The largest absolute Gasteiger partial charge is 0.352 e. The Morgan fingerprint density at radius 2 is 1.92 bits per heavy atom. The fourth-order valence-corrected chi connectivity index (χ4v) is 3.70. The van der Waals surface area contributed by atoms with Gasteiger partial charge in [0, 0.05) is 18.0 Å². The molecule has 2 amide bonds. The van der Waals surface area contributed by atoms with Crippen LogP contribution < -0.4 is 5.32 Å². The molecule has 1 saturated carbocycles. The Morgan fingerprint density at radius 3 is 2.62 bits per heavy atom. The molecule has 0 spiro atoms. The van der Waals surface area contributed by atoms with Crippen molar-refractivity contribution < 1.29 is 9.59 Å². The minimum atomic E-state index is -0.242. The smallest absolute Gasteiger partial charge is 0.275 e. The molecule has 0 saturated heterocycles. The maximum atomic E-state index is 12.7. The zero-order chi connectivity index (χ0) is 18.2. The van der Waals surface area contributed by atoms with E-state index in [1.165, 1.54) is 6.42 Å². The lowest BCUT2D eigenvalue weighted by atomic mass is 9.95. The van der Waals surface area contributed by atoms with Crippen molar-refractivity contribution >= 4 is 23.3 Å². The summed E-state index contributed by atoms with van der Waals surface area (Å²) < 4.78 is 3.76. The molecule has 2 aromatic rings. The molecule has 7 heteroatoms. The highest BCUT2D eigenvalue weighted by molar-refractivity contribution is 7.03. The lowest BCUT2D eigenvalue weighted by Crippen LogP contribution is -2.45. The third kappa shape index (κ3) is 5.36. The van der Waals surface area contributed by atoms with E-state index in [0.29, 0.717) is 18.7 Å². The molecule has 1 aromatic carbocycles. The predicted octanol–water partition coefficient (Wildman–Crippen LogP) is 2.67. The summed E-state index contributed by atoms with van der Waals surface area (Å²) in [5, 5.41) is 8.56. The number of nitrogens with zero attached hydrogens (tertiary/aromatic N) is 3. The molecule has 3 rings (SSSR count). The van der Waals surface area contributed by atoms with Gasteiger partial charge in [0.25, 0.3) is 5.91 Å². The van der Waals surface area contributed by atoms with Crippen molar-refractivity contribution in [3.8, 4) is 0 Å². The molecule has 0 atom stereocenters. The number of carbonyl (C=O) groups excluding carboxylic acids is 2. The summed E-state index contributed by atoms with van der Waals surface area (Å²) in [4.78, 5) is 26.7. The van der Waals surface area contributed by atoms with E-state index in [0.717, 1.165) is 42.8 Å². The van der Waals surface area contributed by atoms with E-state index < -0.39 is 0 Å². The first kappa shape index (κ1) is 18.5. The molecular formula is C19H24N4O2S. The summed E-state index contributed by atoms with van der Waals surface area (Å²) in [6.45, 7) is 0.526. The number of hydrogen-bond donors (Lipinski definition) is 1. The summed E-state index contributed by atoms with van der Waals surface area (Å²) in [5.74, 6) is -0.338. The maximum absolute atomic E-state index is 12.7. The second kappa shape index (κ2) is 9.43. The lowest BCUT2D eigenvalue weighted by molar-refractivity contribution is -0.122. The van der Waals surface area contributed by atoms with Gasteiger partial charge in [0.1, 0.15) is 0 Å². The molecule has 0 unspecified atom stereocenters. The Hall–Kier alpha value is -2.28. The molecule has 0 aliphatic heterocycles. The van der Waals surface area contributed by atoms with Gasteiger partial charge in [0.05, 0.1) is 6.54 Å².